The molecule has 3 unspecified atom stereocenters. The fraction of sp³-hybridized carbons (Fsp3) is 0.421. The summed E-state index contributed by atoms with van der Waals surface area (Å²) in [6.07, 6.45) is 1.74. The number of furan rings is 1. The maximum atomic E-state index is 12.2. The molecule has 1 heterocycles. The van der Waals surface area contributed by atoms with Gasteiger partial charge in [0.15, 0.2) is 0 Å². The molecule has 0 saturated heterocycles. The van der Waals surface area contributed by atoms with E-state index >= 15 is 0 Å². The molecule has 0 bridgehead atoms. The smallest absolute Gasteiger partial charge is 0.223 e. The molecule has 5 heteroatoms. The second-order valence-corrected chi connectivity index (χ2v) is 6.46. The molecule has 1 aliphatic carbocycles. The minimum Gasteiger partial charge on any atom is -0.491 e. The van der Waals surface area contributed by atoms with E-state index in [9.17, 15) is 9.90 Å². The Morgan fingerprint density at radius 2 is 2.21 bits per heavy atom. The summed E-state index contributed by atoms with van der Waals surface area (Å²) < 4.78 is 11.0. The molecule has 1 fully saturated rings. The van der Waals surface area contributed by atoms with Gasteiger partial charge in [-0.15, -0.1) is 0 Å². The highest BCUT2D eigenvalue weighted by molar-refractivity contribution is 5.82. The Bertz CT molecular complexity index is 680. The van der Waals surface area contributed by atoms with Gasteiger partial charge in [0.2, 0.25) is 5.91 Å². The summed E-state index contributed by atoms with van der Waals surface area (Å²) in [6, 6.07) is 11.1. The van der Waals surface area contributed by atoms with E-state index in [4.69, 9.17) is 9.15 Å². The number of carbonyl (C=O) groups excluding carboxylic acids is 1. The molecule has 0 radical (unpaired) electrons. The summed E-state index contributed by atoms with van der Waals surface area (Å²) in [5, 5.41) is 13.1. The largest absolute Gasteiger partial charge is 0.491 e. The Hall–Kier alpha value is -2.27. The Kier molecular flexibility index (Phi) is 4.90. The fourth-order valence-corrected chi connectivity index (χ4v) is 2.81. The van der Waals surface area contributed by atoms with Crippen molar-refractivity contribution in [3.63, 3.8) is 0 Å². The van der Waals surface area contributed by atoms with Crippen molar-refractivity contribution in [2.45, 2.75) is 38.4 Å². The highest BCUT2D eigenvalue weighted by Gasteiger charge is 2.45. The van der Waals surface area contributed by atoms with Crippen LogP contribution in [0.5, 0.6) is 5.75 Å². The van der Waals surface area contributed by atoms with E-state index < -0.39 is 6.10 Å². The SMILES string of the molecule is CC(C)Oc1cccc(C(O)CNC(=O)C2CC2c2ccco2)c1. The minimum atomic E-state index is -0.759. The van der Waals surface area contributed by atoms with Crippen molar-refractivity contribution in [2.75, 3.05) is 6.54 Å². The number of benzene rings is 1. The molecular formula is C19H23NO4. The predicted molar refractivity (Wildman–Crippen MR) is 89.7 cm³/mol. The van der Waals surface area contributed by atoms with Crippen LogP contribution in [0, 0.1) is 5.92 Å². The third-order valence-corrected chi connectivity index (χ3v) is 4.12. The van der Waals surface area contributed by atoms with Crippen molar-refractivity contribution in [1.82, 2.24) is 5.32 Å². The molecule has 0 aliphatic heterocycles. The summed E-state index contributed by atoms with van der Waals surface area (Å²) >= 11 is 0. The van der Waals surface area contributed by atoms with E-state index in [1.54, 1.807) is 12.3 Å². The number of aliphatic hydroxyl groups is 1. The van der Waals surface area contributed by atoms with Crippen LogP contribution in [-0.2, 0) is 4.79 Å². The van der Waals surface area contributed by atoms with E-state index in [1.807, 2.05) is 44.2 Å². The van der Waals surface area contributed by atoms with Crippen molar-refractivity contribution in [3.8, 4) is 5.75 Å². The van der Waals surface area contributed by atoms with Gasteiger partial charge in [0.1, 0.15) is 11.5 Å². The van der Waals surface area contributed by atoms with Crippen LogP contribution in [-0.4, -0.2) is 23.7 Å². The second kappa shape index (κ2) is 7.09. The van der Waals surface area contributed by atoms with Crippen LogP contribution in [0.1, 0.15) is 43.6 Å². The van der Waals surface area contributed by atoms with Crippen LogP contribution in [0.3, 0.4) is 0 Å². The van der Waals surface area contributed by atoms with Gasteiger partial charge < -0.3 is 19.6 Å². The van der Waals surface area contributed by atoms with E-state index in [1.165, 1.54) is 0 Å². The van der Waals surface area contributed by atoms with Crippen molar-refractivity contribution in [2.24, 2.45) is 5.92 Å². The van der Waals surface area contributed by atoms with Crippen LogP contribution in [0.15, 0.2) is 47.1 Å². The number of amides is 1. The lowest BCUT2D eigenvalue weighted by Crippen LogP contribution is -2.30. The molecule has 1 aromatic carbocycles. The van der Waals surface area contributed by atoms with Gasteiger partial charge in [0, 0.05) is 18.4 Å². The van der Waals surface area contributed by atoms with E-state index in [2.05, 4.69) is 5.32 Å². The van der Waals surface area contributed by atoms with E-state index in [-0.39, 0.29) is 30.4 Å². The highest BCUT2D eigenvalue weighted by Crippen LogP contribution is 2.47. The molecule has 3 atom stereocenters. The topological polar surface area (TPSA) is 71.7 Å². The van der Waals surface area contributed by atoms with Crippen molar-refractivity contribution < 1.29 is 19.1 Å². The van der Waals surface area contributed by atoms with Crippen molar-refractivity contribution in [1.29, 1.82) is 0 Å². The molecular weight excluding hydrogens is 306 g/mol. The van der Waals surface area contributed by atoms with Gasteiger partial charge in [0.05, 0.1) is 18.5 Å². The zero-order valence-corrected chi connectivity index (χ0v) is 13.9. The summed E-state index contributed by atoms with van der Waals surface area (Å²) in [6.45, 7) is 4.09. The number of aliphatic hydroxyl groups excluding tert-OH is 1. The first kappa shape index (κ1) is 16.6. The lowest BCUT2D eigenvalue weighted by Gasteiger charge is -2.15. The van der Waals surface area contributed by atoms with E-state index in [0.717, 1.165) is 17.7 Å². The predicted octanol–water partition coefficient (Wildman–Crippen LogP) is 3.02. The molecule has 128 valence electrons. The quantitative estimate of drug-likeness (QED) is 0.819. The average Bonchev–Trinajstić information content (AvgIpc) is 3.17. The van der Waals surface area contributed by atoms with Crippen LogP contribution in [0.4, 0.5) is 0 Å². The van der Waals surface area contributed by atoms with Gasteiger partial charge in [-0.1, -0.05) is 12.1 Å². The van der Waals surface area contributed by atoms with Gasteiger partial charge in [-0.05, 0) is 50.1 Å². The van der Waals surface area contributed by atoms with Gasteiger partial charge in [-0.3, -0.25) is 4.79 Å². The third-order valence-electron chi connectivity index (χ3n) is 4.12. The van der Waals surface area contributed by atoms with Gasteiger partial charge in [-0.2, -0.15) is 0 Å². The minimum absolute atomic E-state index is 0.0370. The lowest BCUT2D eigenvalue weighted by molar-refractivity contribution is -0.122. The highest BCUT2D eigenvalue weighted by atomic mass is 16.5. The number of carbonyl (C=O) groups is 1. The maximum absolute atomic E-state index is 12.2. The molecule has 0 spiro atoms. The maximum Gasteiger partial charge on any atom is 0.223 e. The van der Waals surface area contributed by atoms with Crippen LogP contribution in [0.2, 0.25) is 0 Å². The normalized spacial score (nSPS) is 20.7. The summed E-state index contributed by atoms with van der Waals surface area (Å²) in [4.78, 5) is 12.2. The Balaban J connectivity index is 1.50. The zero-order chi connectivity index (χ0) is 17.1. The molecule has 1 aromatic heterocycles. The van der Waals surface area contributed by atoms with Crippen molar-refractivity contribution in [3.05, 3.63) is 54.0 Å². The average molecular weight is 329 g/mol. The van der Waals surface area contributed by atoms with Gasteiger partial charge in [-0.25, -0.2) is 0 Å². The molecule has 3 rings (SSSR count). The zero-order valence-electron chi connectivity index (χ0n) is 13.9. The number of ether oxygens (including phenoxy) is 1. The number of nitrogens with one attached hydrogen (secondary N) is 1. The molecule has 1 aliphatic rings. The fourth-order valence-electron chi connectivity index (χ4n) is 2.81. The molecule has 1 amide bonds. The molecule has 24 heavy (non-hydrogen) atoms. The van der Waals surface area contributed by atoms with Gasteiger partial charge in [0.25, 0.3) is 0 Å². The second-order valence-electron chi connectivity index (χ2n) is 6.46. The van der Waals surface area contributed by atoms with Gasteiger partial charge >= 0.3 is 0 Å². The molecule has 1 saturated carbocycles. The van der Waals surface area contributed by atoms with Crippen LogP contribution < -0.4 is 10.1 Å². The number of hydrogen-bond acceptors (Lipinski definition) is 4. The molecule has 2 aromatic rings. The number of hydrogen-bond donors (Lipinski definition) is 2. The third kappa shape index (κ3) is 3.97. The lowest BCUT2D eigenvalue weighted by atomic mass is 10.1. The van der Waals surface area contributed by atoms with Crippen molar-refractivity contribution >= 4 is 5.91 Å². The van der Waals surface area contributed by atoms with Crippen LogP contribution >= 0.6 is 0 Å². The first-order valence-electron chi connectivity index (χ1n) is 8.30. The Labute approximate surface area is 141 Å². The Morgan fingerprint density at radius 1 is 1.38 bits per heavy atom. The van der Waals surface area contributed by atoms with E-state index in [0.29, 0.717) is 5.75 Å². The molecule has 2 N–H and O–H groups in total. The number of rotatable bonds is 7. The Morgan fingerprint density at radius 3 is 2.92 bits per heavy atom. The summed E-state index contributed by atoms with van der Waals surface area (Å²) in [5.41, 5.74) is 0.729. The summed E-state index contributed by atoms with van der Waals surface area (Å²) in [7, 11) is 0. The summed E-state index contributed by atoms with van der Waals surface area (Å²) in [5.74, 6) is 1.64. The first-order chi connectivity index (χ1) is 11.5. The molecule has 5 nitrogen and oxygen atoms in total. The first-order valence-corrected chi connectivity index (χ1v) is 8.30. The van der Waals surface area contributed by atoms with Crippen LogP contribution in [0.25, 0.3) is 0 Å². The standard InChI is InChI=1S/C19H23NO4/c1-12(2)24-14-6-3-5-13(9-14)17(21)11-20-19(22)16-10-15(16)18-7-4-8-23-18/h3-9,12,15-17,21H,10-11H2,1-2H3,(H,20,22). The monoisotopic (exact) mass is 329 g/mol.